The highest BCUT2D eigenvalue weighted by atomic mass is 16.6. The van der Waals surface area contributed by atoms with E-state index >= 15 is 0 Å². The van der Waals surface area contributed by atoms with E-state index in [1.54, 1.807) is 0 Å². The Morgan fingerprint density at radius 3 is 2.79 bits per heavy atom. The number of piperidine rings is 1. The van der Waals surface area contributed by atoms with E-state index in [4.69, 9.17) is 4.74 Å². The van der Waals surface area contributed by atoms with Gasteiger partial charge in [-0.2, -0.15) is 0 Å². The van der Waals surface area contributed by atoms with E-state index < -0.39 is 0 Å². The summed E-state index contributed by atoms with van der Waals surface area (Å²) in [7, 11) is 2.17. The van der Waals surface area contributed by atoms with Gasteiger partial charge in [0.15, 0.2) is 0 Å². The molecule has 0 unspecified atom stereocenters. The summed E-state index contributed by atoms with van der Waals surface area (Å²) in [5.41, 5.74) is 4.14. The first-order valence-electron chi connectivity index (χ1n) is 9.23. The summed E-state index contributed by atoms with van der Waals surface area (Å²) in [5.74, 6) is 0.416. The van der Waals surface area contributed by atoms with Crippen LogP contribution in [-0.4, -0.2) is 56.9 Å². The molecule has 3 heterocycles. The zero-order valence-electron chi connectivity index (χ0n) is 15.3. The van der Waals surface area contributed by atoms with Gasteiger partial charge in [-0.05, 0) is 25.0 Å². The highest BCUT2D eigenvalue weighted by Crippen LogP contribution is 2.50. The molecule has 0 bridgehead atoms. The molecule has 5 heteroatoms. The number of hydrogen-bond acceptors (Lipinski definition) is 4. The summed E-state index contributed by atoms with van der Waals surface area (Å²) in [6.45, 7) is 10.0. The number of likely N-dealkylation sites (tertiary alicyclic amines) is 1. The lowest BCUT2D eigenvalue weighted by atomic mass is 9.89. The first-order chi connectivity index (χ1) is 11.7. The molecule has 1 aromatic rings. The predicted molar refractivity (Wildman–Crippen MR) is 98.1 cm³/mol. The van der Waals surface area contributed by atoms with Crippen molar-refractivity contribution >= 4 is 17.5 Å². The van der Waals surface area contributed by atoms with Crippen LogP contribution < -0.4 is 9.80 Å². The number of amides is 1. The average molecular weight is 331 g/mol. The smallest absolute Gasteiger partial charge is 0.409 e. The lowest BCUT2D eigenvalue weighted by Crippen LogP contribution is -2.50. The molecule has 2 atom stereocenters. The zero-order chi connectivity index (χ0) is 17.3. The van der Waals surface area contributed by atoms with Gasteiger partial charge >= 0.3 is 6.09 Å². The Hall–Kier alpha value is -1.91. The number of rotatable bonds is 1. The number of para-hydroxylation sites is 1. The summed E-state index contributed by atoms with van der Waals surface area (Å²) in [6, 6.07) is 7.14. The topological polar surface area (TPSA) is 36.0 Å². The van der Waals surface area contributed by atoms with E-state index in [-0.39, 0.29) is 6.09 Å². The number of nitrogens with zero attached hydrogens (tertiary/aromatic N) is 3. The van der Waals surface area contributed by atoms with Crippen LogP contribution in [0.15, 0.2) is 18.2 Å². The quantitative estimate of drug-likeness (QED) is 0.791. The predicted octanol–water partition coefficient (Wildman–Crippen LogP) is 3.30. The molecule has 3 aliphatic heterocycles. The molecule has 0 radical (unpaired) electrons. The van der Waals surface area contributed by atoms with Gasteiger partial charge in [-0.3, -0.25) is 0 Å². The Bertz CT molecular complexity index is 604. The minimum Gasteiger partial charge on any atom is -0.450 e. The zero-order valence-corrected chi connectivity index (χ0v) is 15.3. The second kappa shape index (κ2) is 6.91. The van der Waals surface area contributed by atoms with Crippen molar-refractivity contribution < 1.29 is 9.53 Å². The number of ether oxygens (including phenoxy) is 1. The minimum atomic E-state index is -0.163. The lowest BCUT2D eigenvalue weighted by molar-refractivity contribution is 0.0934. The molecule has 1 fully saturated rings. The van der Waals surface area contributed by atoms with Crippen LogP contribution in [0.3, 0.4) is 0 Å². The van der Waals surface area contributed by atoms with Gasteiger partial charge in [0.1, 0.15) is 0 Å². The average Bonchev–Trinajstić information content (AvgIpc) is 2.95. The van der Waals surface area contributed by atoms with Gasteiger partial charge in [-0.1, -0.05) is 26.0 Å². The standard InChI is InChI=1S/C17H23N3O2.C2H6/c1-3-22-17(21)19-8-7-14-13(11-19)12-5-4-6-15-16(12)20(14)10-9-18(15)2;1-2/h4-6,13-14H,3,7-11H2,1-2H3;1-2H3/t13-,14-;/m0./s1. The van der Waals surface area contributed by atoms with Crippen LogP contribution in [0.1, 0.15) is 38.7 Å². The second-order valence-electron chi connectivity index (χ2n) is 6.44. The van der Waals surface area contributed by atoms with Gasteiger partial charge < -0.3 is 19.4 Å². The Labute approximate surface area is 145 Å². The summed E-state index contributed by atoms with van der Waals surface area (Å²) < 4.78 is 5.19. The van der Waals surface area contributed by atoms with Crippen LogP contribution in [0.5, 0.6) is 0 Å². The van der Waals surface area contributed by atoms with Crippen molar-refractivity contribution in [3.63, 3.8) is 0 Å². The van der Waals surface area contributed by atoms with Gasteiger partial charge in [-0.25, -0.2) is 4.79 Å². The van der Waals surface area contributed by atoms with Crippen molar-refractivity contribution in [2.75, 3.05) is 49.6 Å². The molecular formula is C19H29N3O2. The van der Waals surface area contributed by atoms with Crippen LogP contribution >= 0.6 is 0 Å². The van der Waals surface area contributed by atoms with Crippen molar-refractivity contribution in [3.8, 4) is 0 Å². The van der Waals surface area contributed by atoms with Crippen molar-refractivity contribution in [3.05, 3.63) is 23.8 Å². The van der Waals surface area contributed by atoms with Gasteiger partial charge in [0.25, 0.3) is 0 Å². The third-order valence-corrected chi connectivity index (χ3v) is 5.32. The first-order valence-corrected chi connectivity index (χ1v) is 9.23. The SMILES string of the molecule is CC.CCOC(=O)N1CC[C@H]2[C@@H](C1)c1cccc3c1N2CCN3C. The molecule has 1 aromatic carbocycles. The number of benzene rings is 1. The van der Waals surface area contributed by atoms with Crippen molar-refractivity contribution in [1.29, 1.82) is 0 Å². The maximum atomic E-state index is 12.1. The molecule has 5 nitrogen and oxygen atoms in total. The fourth-order valence-corrected chi connectivity index (χ4v) is 4.29. The Balaban J connectivity index is 0.000000815. The second-order valence-corrected chi connectivity index (χ2v) is 6.44. The number of anilines is 2. The van der Waals surface area contributed by atoms with Gasteiger partial charge in [0, 0.05) is 45.2 Å². The van der Waals surface area contributed by atoms with E-state index in [1.165, 1.54) is 16.9 Å². The van der Waals surface area contributed by atoms with Gasteiger partial charge in [-0.15, -0.1) is 0 Å². The van der Waals surface area contributed by atoms with Crippen molar-refractivity contribution in [2.24, 2.45) is 0 Å². The van der Waals surface area contributed by atoms with Gasteiger partial charge in [0.05, 0.1) is 18.0 Å². The van der Waals surface area contributed by atoms with Crippen molar-refractivity contribution in [2.45, 2.75) is 39.2 Å². The van der Waals surface area contributed by atoms with Crippen LogP contribution in [-0.2, 0) is 4.74 Å². The van der Waals surface area contributed by atoms with Crippen LogP contribution in [0, 0.1) is 0 Å². The highest BCUT2D eigenvalue weighted by Gasteiger charge is 2.45. The molecule has 0 aromatic heterocycles. The first kappa shape index (κ1) is 16.9. The van der Waals surface area contributed by atoms with E-state index in [9.17, 15) is 4.79 Å². The van der Waals surface area contributed by atoms with E-state index in [0.29, 0.717) is 18.6 Å². The Kier molecular flexibility index (Phi) is 4.88. The highest BCUT2D eigenvalue weighted by molar-refractivity contribution is 5.81. The monoisotopic (exact) mass is 331 g/mol. The third kappa shape index (κ3) is 2.60. The van der Waals surface area contributed by atoms with Crippen LogP contribution in [0.4, 0.5) is 16.2 Å². The number of fused-ring (bicyclic) bond motifs is 3. The maximum Gasteiger partial charge on any atom is 0.409 e. The number of carbonyl (C=O) groups excluding carboxylic acids is 1. The molecule has 1 saturated heterocycles. The molecule has 1 amide bonds. The number of hydrogen-bond donors (Lipinski definition) is 0. The largest absolute Gasteiger partial charge is 0.450 e. The number of carbonyl (C=O) groups is 1. The van der Waals surface area contributed by atoms with E-state index in [2.05, 4.69) is 35.0 Å². The molecular weight excluding hydrogens is 302 g/mol. The molecule has 3 aliphatic rings. The maximum absolute atomic E-state index is 12.1. The van der Waals surface area contributed by atoms with Gasteiger partial charge in [0.2, 0.25) is 0 Å². The van der Waals surface area contributed by atoms with Crippen LogP contribution in [0.25, 0.3) is 0 Å². The summed E-state index contributed by atoms with van der Waals surface area (Å²) >= 11 is 0. The van der Waals surface area contributed by atoms with E-state index in [0.717, 1.165) is 32.6 Å². The fourth-order valence-electron chi connectivity index (χ4n) is 4.29. The third-order valence-electron chi connectivity index (χ3n) is 5.32. The molecule has 0 spiro atoms. The minimum absolute atomic E-state index is 0.163. The number of likely N-dealkylation sites (N-methyl/N-ethyl adjacent to an activating group) is 1. The fraction of sp³-hybridized carbons (Fsp3) is 0.632. The molecule has 0 saturated carbocycles. The van der Waals surface area contributed by atoms with Crippen LogP contribution in [0.2, 0.25) is 0 Å². The molecule has 132 valence electrons. The normalized spacial score (nSPS) is 23.9. The Morgan fingerprint density at radius 1 is 1.25 bits per heavy atom. The summed E-state index contributed by atoms with van der Waals surface area (Å²) in [6.07, 6.45) is 0.866. The molecule has 0 aliphatic carbocycles. The Morgan fingerprint density at radius 2 is 2.04 bits per heavy atom. The summed E-state index contributed by atoms with van der Waals surface area (Å²) in [5, 5.41) is 0. The molecule has 24 heavy (non-hydrogen) atoms. The lowest BCUT2D eigenvalue weighted by Gasteiger charge is -2.41. The van der Waals surface area contributed by atoms with E-state index in [1.807, 2.05) is 25.7 Å². The molecule has 4 rings (SSSR count). The summed E-state index contributed by atoms with van der Waals surface area (Å²) in [4.78, 5) is 18.9. The van der Waals surface area contributed by atoms with Crippen molar-refractivity contribution in [1.82, 2.24) is 4.90 Å². The molecule has 0 N–H and O–H groups in total.